The van der Waals surface area contributed by atoms with Crippen LogP contribution in [0.1, 0.15) is 0 Å². The summed E-state index contributed by atoms with van der Waals surface area (Å²) in [4.78, 5) is 11.3. The molecule has 0 bridgehead atoms. The van der Waals surface area contributed by atoms with Gasteiger partial charge in [0.05, 0.1) is 10.8 Å². The number of fused-ring (bicyclic) bond motifs is 1. The minimum atomic E-state index is -0.839. The lowest BCUT2D eigenvalue weighted by molar-refractivity contribution is -0.133. The summed E-state index contributed by atoms with van der Waals surface area (Å²) in [5, 5.41) is 11.3. The largest absolute Gasteiger partial charge is 0.481 e. The Morgan fingerprint density at radius 1 is 1.25 bits per heavy atom. The van der Waals surface area contributed by atoms with Crippen LogP contribution in [-0.2, 0) is 4.79 Å². The van der Waals surface area contributed by atoms with Crippen LogP contribution >= 0.6 is 23.4 Å². The Bertz CT molecular complexity index is 540. The molecule has 4 heteroatoms. The van der Waals surface area contributed by atoms with Crippen LogP contribution in [0.2, 0.25) is 5.02 Å². The number of carboxylic acid groups (broad SMARTS) is 1. The van der Waals surface area contributed by atoms with Crippen LogP contribution in [0.5, 0.6) is 0 Å². The van der Waals surface area contributed by atoms with Gasteiger partial charge in [-0.05, 0) is 11.5 Å². The molecule has 0 aliphatic carbocycles. The van der Waals surface area contributed by atoms with Gasteiger partial charge >= 0.3 is 5.97 Å². The number of thioether (sulfide) groups is 1. The topological polar surface area (TPSA) is 37.3 Å². The van der Waals surface area contributed by atoms with Gasteiger partial charge < -0.3 is 5.11 Å². The summed E-state index contributed by atoms with van der Waals surface area (Å²) in [5.41, 5.74) is 0. The highest BCUT2D eigenvalue weighted by atomic mass is 35.5. The minimum Gasteiger partial charge on any atom is -0.481 e. The predicted molar refractivity (Wildman–Crippen MR) is 67.3 cm³/mol. The molecule has 1 N–H and O–H groups in total. The molecule has 0 aromatic heterocycles. The van der Waals surface area contributed by atoms with Crippen LogP contribution in [-0.4, -0.2) is 16.8 Å². The maximum Gasteiger partial charge on any atom is 0.313 e. The van der Waals surface area contributed by atoms with Gasteiger partial charge in [-0.1, -0.05) is 41.9 Å². The van der Waals surface area contributed by atoms with Crippen molar-refractivity contribution in [2.75, 3.05) is 5.75 Å². The third kappa shape index (κ3) is 2.31. The second-order valence-corrected chi connectivity index (χ2v) is 4.68. The second kappa shape index (κ2) is 4.76. The molecule has 0 fully saturated rings. The summed E-state index contributed by atoms with van der Waals surface area (Å²) < 4.78 is 0. The highest BCUT2D eigenvalue weighted by molar-refractivity contribution is 8.00. The average Bonchev–Trinajstić information content (AvgIpc) is 2.28. The number of hydrogen-bond donors (Lipinski definition) is 1. The van der Waals surface area contributed by atoms with E-state index in [2.05, 4.69) is 0 Å². The molecule has 2 aromatic carbocycles. The van der Waals surface area contributed by atoms with E-state index in [-0.39, 0.29) is 5.75 Å². The number of rotatable bonds is 3. The highest BCUT2D eigenvalue weighted by Crippen LogP contribution is 2.33. The van der Waals surface area contributed by atoms with E-state index in [0.29, 0.717) is 5.02 Å². The molecule has 2 aromatic rings. The molecule has 2 rings (SSSR count). The number of aliphatic carboxylic acids is 1. The monoisotopic (exact) mass is 252 g/mol. The van der Waals surface area contributed by atoms with Crippen LogP contribution in [0.3, 0.4) is 0 Å². The summed E-state index contributed by atoms with van der Waals surface area (Å²) in [6.07, 6.45) is 0. The van der Waals surface area contributed by atoms with E-state index in [1.54, 1.807) is 0 Å². The molecule has 82 valence electrons. The van der Waals surface area contributed by atoms with Crippen molar-refractivity contribution < 1.29 is 9.90 Å². The van der Waals surface area contributed by atoms with E-state index in [0.717, 1.165) is 15.7 Å². The standard InChI is InChI=1S/C12H9ClO2S/c13-12-9-4-2-1-3-8(9)5-6-10(12)16-7-11(14)15/h1-6H,7H2,(H,14,15). The van der Waals surface area contributed by atoms with Gasteiger partial charge in [-0.15, -0.1) is 11.8 Å². The van der Waals surface area contributed by atoms with Crippen LogP contribution in [0.4, 0.5) is 0 Å². The minimum absolute atomic E-state index is 0.0259. The van der Waals surface area contributed by atoms with E-state index < -0.39 is 5.97 Å². The fourth-order valence-electron chi connectivity index (χ4n) is 1.46. The van der Waals surface area contributed by atoms with E-state index >= 15 is 0 Å². The molecule has 0 aliphatic rings. The lowest BCUT2D eigenvalue weighted by Gasteiger charge is -2.05. The number of halogens is 1. The van der Waals surface area contributed by atoms with Crippen LogP contribution < -0.4 is 0 Å². The third-order valence-corrected chi connectivity index (χ3v) is 3.74. The molecule has 0 saturated heterocycles. The van der Waals surface area contributed by atoms with Gasteiger partial charge in [-0.25, -0.2) is 0 Å². The number of carbonyl (C=O) groups is 1. The number of carboxylic acids is 1. The first-order chi connectivity index (χ1) is 7.68. The smallest absolute Gasteiger partial charge is 0.313 e. The van der Waals surface area contributed by atoms with Crippen molar-refractivity contribution in [1.82, 2.24) is 0 Å². The fraction of sp³-hybridized carbons (Fsp3) is 0.0833. The first-order valence-electron chi connectivity index (χ1n) is 4.70. The van der Waals surface area contributed by atoms with Gasteiger partial charge in [0, 0.05) is 10.3 Å². The van der Waals surface area contributed by atoms with Crippen molar-refractivity contribution in [3.8, 4) is 0 Å². The van der Waals surface area contributed by atoms with Gasteiger partial charge in [-0.2, -0.15) is 0 Å². The first-order valence-corrected chi connectivity index (χ1v) is 6.06. The molecule has 0 spiro atoms. The van der Waals surface area contributed by atoms with Crippen molar-refractivity contribution in [1.29, 1.82) is 0 Å². The quantitative estimate of drug-likeness (QED) is 0.847. The van der Waals surface area contributed by atoms with Crippen molar-refractivity contribution in [2.24, 2.45) is 0 Å². The molecule has 0 heterocycles. The number of benzene rings is 2. The predicted octanol–water partition coefficient (Wildman–Crippen LogP) is 3.67. The lowest BCUT2D eigenvalue weighted by atomic mass is 10.1. The Kier molecular flexibility index (Phi) is 3.36. The summed E-state index contributed by atoms with van der Waals surface area (Å²) in [5.74, 6) is -0.813. The van der Waals surface area contributed by atoms with E-state index in [9.17, 15) is 4.79 Å². The summed E-state index contributed by atoms with van der Waals surface area (Å²) in [7, 11) is 0. The molecule has 0 radical (unpaired) electrons. The van der Waals surface area contributed by atoms with Crippen molar-refractivity contribution in [3.63, 3.8) is 0 Å². The average molecular weight is 253 g/mol. The highest BCUT2D eigenvalue weighted by Gasteiger charge is 2.07. The maximum absolute atomic E-state index is 10.5. The first kappa shape index (κ1) is 11.3. The van der Waals surface area contributed by atoms with Gasteiger partial charge in [0.15, 0.2) is 0 Å². The number of hydrogen-bond acceptors (Lipinski definition) is 2. The Balaban J connectivity index is 2.40. The summed E-state index contributed by atoms with van der Waals surface area (Å²) in [6, 6.07) is 11.6. The fourth-order valence-corrected chi connectivity index (χ4v) is 2.54. The maximum atomic E-state index is 10.5. The summed E-state index contributed by atoms with van der Waals surface area (Å²) >= 11 is 7.45. The molecule has 0 saturated carbocycles. The zero-order valence-electron chi connectivity index (χ0n) is 8.31. The Morgan fingerprint density at radius 2 is 2.00 bits per heavy atom. The zero-order valence-corrected chi connectivity index (χ0v) is 9.89. The zero-order chi connectivity index (χ0) is 11.5. The van der Waals surface area contributed by atoms with Gasteiger partial charge in [0.2, 0.25) is 0 Å². The lowest BCUT2D eigenvalue weighted by Crippen LogP contribution is -1.97. The summed E-state index contributed by atoms with van der Waals surface area (Å²) in [6.45, 7) is 0. The van der Waals surface area contributed by atoms with Gasteiger partial charge in [0.1, 0.15) is 0 Å². The van der Waals surface area contributed by atoms with E-state index in [1.165, 1.54) is 11.8 Å². The normalized spacial score (nSPS) is 10.6. The Hall–Kier alpha value is -1.19. The van der Waals surface area contributed by atoms with Crippen LogP contribution in [0.15, 0.2) is 41.3 Å². The molecule has 0 unspecified atom stereocenters. The van der Waals surface area contributed by atoms with E-state index in [1.807, 2.05) is 36.4 Å². The Morgan fingerprint density at radius 3 is 2.75 bits per heavy atom. The molecule has 0 amide bonds. The van der Waals surface area contributed by atoms with Crippen LogP contribution in [0, 0.1) is 0 Å². The molecule has 16 heavy (non-hydrogen) atoms. The van der Waals surface area contributed by atoms with Crippen molar-refractivity contribution >= 4 is 40.1 Å². The molecule has 0 aliphatic heterocycles. The third-order valence-electron chi connectivity index (χ3n) is 2.18. The van der Waals surface area contributed by atoms with Gasteiger partial charge in [0.25, 0.3) is 0 Å². The molecule has 0 atom stereocenters. The molecular formula is C12H9ClO2S. The van der Waals surface area contributed by atoms with Gasteiger partial charge in [-0.3, -0.25) is 4.79 Å². The van der Waals surface area contributed by atoms with E-state index in [4.69, 9.17) is 16.7 Å². The SMILES string of the molecule is O=C(O)CSc1ccc2ccccc2c1Cl. The second-order valence-electron chi connectivity index (χ2n) is 3.28. The van der Waals surface area contributed by atoms with Crippen LogP contribution in [0.25, 0.3) is 10.8 Å². The van der Waals surface area contributed by atoms with Crippen molar-refractivity contribution in [2.45, 2.75) is 4.90 Å². The van der Waals surface area contributed by atoms with Crippen molar-refractivity contribution in [3.05, 3.63) is 41.4 Å². The Labute approximate surface area is 102 Å². The molecule has 2 nitrogen and oxygen atoms in total. The molecular weight excluding hydrogens is 244 g/mol.